The molecule has 2 unspecified atom stereocenters. The lowest BCUT2D eigenvalue weighted by molar-refractivity contribution is 0.238. The van der Waals surface area contributed by atoms with E-state index in [1.54, 1.807) is 15.6 Å². The molecule has 1 aromatic rings. The van der Waals surface area contributed by atoms with E-state index in [9.17, 15) is 8.42 Å². The SMILES string of the molecule is CCNC(Cc1cccs1)CC1CCCN(S(C)(=O)=O)C1. The number of thiophene rings is 1. The third-order valence-electron chi connectivity index (χ3n) is 4.09. The first kappa shape index (κ1) is 16.9. The maximum Gasteiger partial charge on any atom is 0.211 e. The quantitative estimate of drug-likeness (QED) is 0.835. The van der Waals surface area contributed by atoms with Crippen LogP contribution >= 0.6 is 11.3 Å². The van der Waals surface area contributed by atoms with E-state index in [-0.39, 0.29) is 0 Å². The normalized spacial score (nSPS) is 22.3. The lowest BCUT2D eigenvalue weighted by atomic mass is 9.91. The summed E-state index contributed by atoms with van der Waals surface area (Å²) in [4.78, 5) is 1.40. The molecule has 0 saturated carbocycles. The maximum absolute atomic E-state index is 11.7. The fraction of sp³-hybridized carbons (Fsp3) is 0.733. The van der Waals surface area contributed by atoms with E-state index in [0.717, 1.165) is 32.2 Å². The Labute approximate surface area is 132 Å². The van der Waals surface area contributed by atoms with Gasteiger partial charge in [-0.3, -0.25) is 0 Å². The second-order valence-electron chi connectivity index (χ2n) is 5.90. The minimum atomic E-state index is -3.04. The fourth-order valence-corrected chi connectivity index (χ4v) is 4.85. The Balaban J connectivity index is 1.93. The zero-order chi connectivity index (χ0) is 15.3. The molecule has 2 atom stereocenters. The number of sulfonamides is 1. The van der Waals surface area contributed by atoms with Crippen LogP contribution in [0.3, 0.4) is 0 Å². The van der Waals surface area contributed by atoms with Gasteiger partial charge in [0.15, 0.2) is 0 Å². The molecule has 21 heavy (non-hydrogen) atoms. The lowest BCUT2D eigenvalue weighted by Gasteiger charge is -2.33. The first-order valence-electron chi connectivity index (χ1n) is 7.70. The molecule has 1 N–H and O–H groups in total. The summed E-state index contributed by atoms with van der Waals surface area (Å²) in [6.45, 7) is 4.46. The fourth-order valence-electron chi connectivity index (χ4n) is 3.12. The molecule has 1 saturated heterocycles. The van der Waals surface area contributed by atoms with Gasteiger partial charge in [0, 0.05) is 24.0 Å². The molecule has 120 valence electrons. The van der Waals surface area contributed by atoms with Crippen molar-refractivity contribution in [2.75, 3.05) is 25.9 Å². The van der Waals surface area contributed by atoms with Crippen LogP contribution in [-0.2, 0) is 16.4 Å². The molecule has 0 bridgehead atoms. The highest BCUT2D eigenvalue weighted by Gasteiger charge is 2.27. The molecule has 1 aliphatic heterocycles. The van der Waals surface area contributed by atoms with Gasteiger partial charge in [0.05, 0.1) is 6.26 Å². The number of nitrogens with zero attached hydrogens (tertiary/aromatic N) is 1. The summed E-state index contributed by atoms with van der Waals surface area (Å²) in [5, 5.41) is 5.68. The van der Waals surface area contributed by atoms with Gasteiger partial charge in [-0.2, -0.15) is 0 Å². The topological polar surface area (TPSA) is 49.4 Å². The standard InChI is InChI=1S/C15H26N2O2S2/c1-3-16-14(11-15-7-5-9-20-15)10-13-6-4-8-17(12-13)21(2,18)19/h5,7,9,13-14,16H,3-4,6,8,10-12H2,1-2H3. The van der Waals surface area contributed by atoms with Crippen LogP contribution in [-0.4, -0.2) is 44.7 Å². The molecule has 0 aliphatic carbocycles. The summed E-state index contributed by atoms with van der Waals surface area (Å²) in [7, 11) is -3.04. The van der Waals surface area contributed by atoms with Crippen LogP contribution in [0.5, 0.6) is 0 Å². The highest BCUT2D eigenvalue weighted by atomic mass is 32.2. The van der Waals surface area contributed by atoms with Gasteiger partial charge >= 0.3 is 0 Å². The van der Waals surface area contributed by atoms with E-state index in [4.69, 9.17) is 0 Å². The van der Waals surface area contributed by atoms with Crippen LogP contribution in [0.4, 0.5) is 0 Å². The monoisotopic (exact) mass is 330 g/mol. The van der Waals surface area contributed by atoms with Gasteiger partial charge < -0.3 is 5.32 Å². The van der Waals surface area contributed by atoms with Crippen LogP contribution in [0.15, 0.2) is 17.5 Å². The summed E-state index contributed by atoms with van der Waals surface area (Å²) in [6.07, 6.45) is 5.54. The molecular weight excluding hydrogens is 304 g/mol. The summed E-state index contributed by atoms with van der Waals surface area (Å²) in [6, 6.07) is 4.71. The number of likely N-dealkylation sites (N-methyl/N-ethyl adjacent to an activating group) is 1. The molecule has 2 heterocycles. The third-order valence-corrected chi connectivity index (χ3v) is 6.26. The first-order chi connectivity index (χ1) is 9.99. The smallest absolute Gasteiger partial charge is 0.211 e. The lowest BCUT2D eigenvalue weighted by Crippen LogP contribution is -2.42. The minimum Gasteiger partial charge on any atom is -0.314 e. The third kappa shape index (κ3) is 5.36. The van der Waals surface area contributed by atoms with Gasteiger partial charge in [-0.1, -0.05) is 13.0 Å². The molecule has 0 spiro atoms. The van der Waals surface area contributed by atoms with E-state index < -0.39 is 10.0 Å². The summed E-state index contributed by atoms with van der Waals surface area (Å²) < 4.78 is 25.1. The van der Waals surface area contributed by atoms with Crippen molar-refractivity contribution in [3.63, 3.8) is 0 Å². The molecule has 0 amide bonds. The van der Waals surface area contributed by atoms with Gasteiger partial charge in [-0.25, -0.2) is 12.7 Å². The summed E-state index contributed by atoms with van der Waals surface area (Å²) in [5.74, 6) is 0.470. The van der Waals surface area contributed by atoms with Crippen LogP contribution in [0.25, 0.3) is 0 Å². The van der Waals surface area contributed by atoms with Gasteiger partial charge in [-0.05, 0) is 49.6 Å². The molecule has 2 rings (SSSR count). The van der Waals surface area contributed by atoms with E-state index in [1.165, 1.54) is 11.1 Å². The predicted molar refractivity (Wildman–Crippen MR) is 89.2 cm³/mol. The predicted octanol–water partition coefficient (Wildman–Crippen LogP) is 2.33. The maximum atomic E-state index is 11.7. The van der Waals surface area contributed by atoms with E-state index in [0.29, 0.717) is 25.0 Å². The number of hydrogen-bond acceptors (Lipinski definition) is 4. The summed E-state index contributed by atoms with van der Waals surface area (Å²) >= 11 is 1.80. The number of rotatable bonds is 7. The van der Waals surface area contributed by atoms with Crippen molar-refractivity contribution in [2.45, 2.75) is 38.6 Å². The van der Waals surface area contributed by atoms with E-state index >= 15 is 0 Å². The zero-order valence-corrected chi connectivity index (χ0v) is 14.5. The Hall–Kier alpha value is -0.430. The second kappa shape index (κ2) is 7.72. The zero-order valence-electron chi connectivity index (χ0n) is 12.9. The molecule has 1 aliphatic rings. The Kier molecular flexibility index (Phi) is 6.22. The van der Waals surface area contributed by atoms with Crippen molar-refractivity contribution in [2.24, 2.45) is 5.92 Å². The number of hydrogen-bond donors (Lipinski definition) is 1. The van der Waals surface area contributed by atoms with Gasteiger partial charge in [-0.15, -0.1) is 11.3 Å². The number of nitrogens with one attached hydrogen (secondary N) is 1. The van der Waals surface area contributed by atoms with E-state index in [1.807, 2.05) is 0 Å². The highest BCUT2D eigenvalue weighted by molar-refractivity contribution is 7.88. The largest absolute Gasteiger partial charge is 0.314 e. The second-order valence-corrected chi connectivity index (χ2v) is 8.92. The first-order valence-corrected chi connectivity index (χ1v) is 10.4. The molecular formula is C15H26N2O2S2. The van der Waals surface area contributed by atoms with Crippen molar-refractivity contribution in [3.05, 3.63) is 22.4 Å². The Bertz CT molecular complexity index is 514. The Morgan fingerprint density at radius 1 is 1.52 bits per heavy atom. The van der Waals surface area contributed by atoms with Gasteiger partial charge in [0.1, 0.15) is 0 Å². The average molecular weight is 331 g/mol. The average Bonchev–Trinajstić information content (AvgIpc) is 2.91. The van der Waals surface area contributed by atoms with Gasteiger partial charge in [0.25, 0.3) is 0 Å². The summed E-state index contributed by atoms with van der Waals surface area (Å²) in [5.41, 5.74) is 0. The minimum absolute atomic E-state index is 0.443. The van der Waals surface area contributed by atoms with Crippen LogP contribution in [0, 0.1) is 5.92 Å². The molecule has 1 fully saturated rings. The van der Waals surface area contributed by atoms with E-state index in [2.05, 4.69) is 29.8 Å². The molecule has 1 aromatic heterocycles. The van der Waals surface area contributed by atoms with Crippen LogP contribution in [0.2, 0.25) is 0 Å². The van der Waals surface area contributed by atoms with Crippen molar-refractivity contribution in [3.8, 4) is 0 Å². The van der Waals surface area contributed by atoms with Crippen LogP contribution in [0.1, 0.15) is 31.1 Å². The molecule has 4 nitrogen and oxygen atoms in total. The number of piperidine rings is 1. The molecule has 0 radical (unpaired) electrons. The van der Waals surface area contributed by atoms with Crippen LogP contribution < -0.4 is 5.32 Å². The molecule has 0 aromatic carbocycles. The molecule has 6 heteroatoms. The Morgan fingerprint density at radius 3 is 2.95 bits per heavy atom. The van der Waals surface area contributed by atoms with Crippen molar-refractivity contribution < 1.29 is 8.42 Å². The Morgan fingerprint density at radius 2 is 2.33 bits per heavy atom. The van der Waals surface area contributed by atoms with Gasteiger partial charge in [0.2, 0.25) is 10.0 Å². The van der Waals surface area contributed by atoms with Crippen molar-refractivity contribution in [1.29, 1.82) is 0 Å². The van der Waals surface area contributed by atoms with Crippen molar-refractivity contribution in [1.82, 2.24) is 9.62 Å². The highest BCUT2D eigenvalue weighted by Crippen LogP contribution is 2.24. The van der Waals surface area contributed by atoms with Crippen molar-refractivity contribution >= 4 is 21.4 Å².